The second-order valence-corrected chi connectivity index (χ2v) is 12.0. The van der Waals surface area contributed by atoms with E-state index < -0.39 is 0 Å². The fourth-order valence-electron chi connectivity index (χ4n) is 6.32. The molecule has 0 radical (unpaired) electrons. The van der Waals surface area contributed by atoms with Crippen LogP contribution >= 0.6 is 0 Å². The fraction of sp³-hybridized carbons (Fsp3) is 0.0444. The number of hydrogen-bond donors (Lipinski definition) is 0. The van der Waals surface area contributed by atoms with Crippen molar-refractivity contribution < 1.29 is 9.15 Å². The predicted octanol–water partition coefficient (Wildman–Crippen LogP) is 11.3. The van der Waals surface area contributed by atoms with Gasteiger partial charge < -0.3 is 9.15 Å². The van der Waals surface area contributed by atoms with Gasteiger partial charge in [0.2, 0.25) is 0 Å². The number of benzene rings is 6. The van der Waals surface area contributed by atoms with Crippen LogP contribution in [0.3, 0.4) is 0 Å². The topological polar surface area (TPSA) is 61.0 Å². The smallest absolute Gasteiger partial charge is 0.164 e. The largest absolute Gasteiger partial charge is 0.458 e. The number of nitrogens with zero attached hydrogens (tertiary/aromatic N) is 3. The summed E-state index contributed by atoms with van der Waals surface area (Å²) in [7, 11) is 0. The Morgan fingerprint density at radius 1 is 0.640 bits per heavy atom. The second-order valence-electron chi connectivity index (χ2n) is 12.0. The van der Waals surface area contributed by atoms with Gasteiger partial charge in [-0.15, -0.1) is 0 Å². The summed E-state index contributed by atoms with van der Waals surface area (Å²) in [6.45, 7) is 7.63. The third kappa shape index (κ3) is 6.09. The lowest BCUT2D eigenvalue weighted by Crippen LogP contribution is -2.02. The van der Waals surface area contributed by atoms with Gasteiger partial charge in [0, 0.05) is 33.9 Å². The lowest BCUT2D eigenvalue weighted by Gasteiger charge is -2.09. The number of para-hydroxylation sites is 2. The van der Waals surface area contributed by atoms with Gasteiger partial charge in [0.1, 0.15) is 28.5 Å². The van der Waals surface area contributed by atoms with Gasteiger partial charge in [0.05, 0.1) is 0 Å². The van der Waals surface area contributed by atoms with E-state index in [1.165, 1.54) is 10.8 Å². The molecule has 0 aliphatic heterocycles. The van der Waals surface area contributed by atoms with Crippen LogP contribution in [0, 0.1) is 0 Å². The summed E-state index contributed by atoms with van der Waals surface area (Å²) in [4.78, 5) is 15.0. The summed E-state index contributed by atoms with van der Waals surface area (Å²) in [6, 6.07) is 45.3. The van der Waals surface area contributed by atoms with E-state index in [-0.39, 0.29) is 0 Å². The molecule has 5 heteroatoms. The molecule has 0 fully saturated rings. The van der Waals surface area contributed by atoms with Crippen molar-refractivity contribution in [1.82, 2.24) is 15.0 Å². The van der Waals surface area contributed by atoms with Gasteiger partial charge in [-0.2, -0.15) is 0 Å². The zero-order chi connectivity index (χ0) is 33.9. The first-order valence-electron chi connectivity index (χ1n) is 16.6. The Labute approximate surface area is 290 Å². The van der Waals surface area contributed by atoms with Crippen LogP contribution in [-0.4, -0.2) is 15.0 Å². The Morgan fingerprint density at radius 2 is 1.38 bits per heavy atom. The first kappa shape index (κ1) is 30.7. The quantitative estimate of drug-likeness (QED) is 0.0840. The minimum absolute atomic E-state index is 0.512. The molecule has 0 saturated heterocycles. The molecule has 2 aromatic heterocycles. The highest BCUT2D eigenvalue weighted by Gasteiger charge is 2.19. The van der Waals surface area contributed by atoms with Crippen molar-refractivity contribution in [2.45, 2.75) is 12.8 Å². The molecule has 5 nitrogen and oxygen atoms in total. The van der Waals surface area contributed by atoms with Crippen LogP contribution in [0.25, 0.3) is 66.6 Å². The standard InChI is InChI=1S/C45H33N3O2/c1-3-30(2)49-39-24-11-9-16-32(39)17-10-12-26-41-46-44(33-18-5-4-6-19-33)48-45(47-41)38-23-14-25-40-42(38)37-22-13-21-36(43(37)50-40)35-28-27-31-15-7-8-20-34(31)29-35/h3-16,18-25,27-29H,1-2,17,26H2/b12-10-. The van der Waals surface area contributed by atoms with Crippen LogP contribution in [0.1, 0.15) is 11.4 Å². The summed E-state index contributed by atoms with van der Waals surface area (Å²) < 4.78 is 12.5. The van der Waals surface area contributed by atoms with Crippen molar-refractivity contribution in [3.8, 4) is 39.7 Å². The number of hydrogen-bond acceptors (Lipinski definition) is 5. The molecular weight excluding hydrogens is 615 g/mol. The van der Waals surface area contributed by atoms with Crippen molar-refractivity contribution >= 4 is 32.7 Å². The number of allylic oxidation sites excluding steroid dienone is 3. The van der Waals surface area contributed by atoms with Crippen molar-refractivity contribution in [2.24, 2.45) is 0 Å². The minimum atomic E-state index is 0.512. The Kier molecular flexibility index (Phi) is 8.29. The Hall–Kier alpha value is -6.59. The molecule has 240 valence electrons. The van der Waals surface area contributed by atoms with Gasteiger partial charge in [0.25, 0.3) is 0 Å². The van der Waals surface area contributed by atoms with Crippen LogP contribution < -0.4 is 4.74 Å². The zero-order valence-corrected chi connectivity index (χ0v) is 27.4. The number of rotatable bonds is 10. The van der Waals surface area contributed by atoms with E-state index in [0.29, 0.717) is 36.1 Å². The van der Waals surface area contributed by atoms with Gasteiger partial charge >= 0.3 is 0 Å². The Balaban J connectivity index is 1.19. The van der Waals surface area contributed by atoms with Crippen LogP contribution in [0.15, 0.2) is 175 Å². The third-order valence-electron chi connectivity index (χ3n) is 8.78. The van der Waals surface area contributed by atoms with E-state index >= 15 is 0 Å². The molecule has 0 aliphatic rings. The van der Waals surface area contributed by atoms with Crippen LogP contribution in [-0.2, 0) is 12.8 Å². The first-order chi connectivity index (χ1) is 24.6. The van der Waals surface area contributed by atoms with Crippen LogP contribution in [0.5, 0.6) is 5.75 Å². The number of aromatic nitrogens is 3. The molecule has 8 rings (SSSR count). The van der Waals surface area contributed by atoms with E-state index in [1.54, 1.807) is 6.08 Å². The zero-order valence-electron chi connectivity index (χ0n) is 27.4. The summed E-state index contributed by atoms with van der Waals surface area (Å²) in [5.74, 6) is 3.19. The van der Waals surface area contributed by atoms with Crippen molar-refractivity contribution in [2.75, 3.05) is 0 Å². The van der Waals surface area contributed by atoms with Gasteiger partial charge in [-0.05, 0) is 52.6 Å². The minimum Gasteiger partial charge on any atom is -0.458 e. The molecule has 0 saturated carbocycles. The maximum atomic E-state index is 6.62. The highest BCUT2D eigenvalue weighted by molar-refractivity contribution is 6.15. The molecule has 6 aromatic carbocycles. The summed E-state index contributed by atoms with van der Waals surface area (Å²) in [6.07, 6.45) is 7.03. The van der Waals surface area contributed by atoms with Crippen molar-refractivity contribution in [3.63, 3.8) is 0 Å². The first-order valence-corrected chi connectivity index (χ1v) is 16.6. The molecule has 0 amide bonds. The van der Waals surface area contributed by atoms with E-state index in [1.807, 2.05) is 66.7 Å². The van der Waals surface area contributed by atoms with E-state index in [9.17, 15) is 0 Å². The Morgan fingerprint density at radius 3 is 2.26 bits per heavy atom. The molecule has 0 N–H and O–H groups in total. The fourth-order valence-corrected chi connectivity index (χ4v) is 6.32. The SMILES string of the molecule is C=CC(=C)Oc1ccccc1C/C=C\Cc1nc(-c2ccccc2)nc(-c2cccc3oc4c(-c5ccc6ccccc6c5)cccc4c23)n1. The maximum absolute atomic E-state index is 6.62. The summed E-state index contributed by atoms with van der Waals surface area (Å²) >= 11 is 0. The third-order valence-corrected chi connectivity index (χ3v) is 8.78. The molecule has 0 spiro atoms. The normalized spacial score (nSPS) is 11.4. The molecule has 2 heterocycles. The molecule has 0 aliphatic carbocycles. The van der Waals surface area contributed by atoms with E-state index in [2.05, 4.69) is 92.0 Å². The van der Waals surface area contributed by atoms with Crippen molar-refractivity contribution in [3.05, 3.63) is 182 Å². The summed E-state index contributed by atoms with van der Waals surface area (Å²) in [5.41, 5.74) is 6.65. The van der Waals surface area contributed by atoms with Gasteiger partial charge in [-0.25, -0.2) is 15.0 Å². The van der Waals surface area contributed by atoms with E-state index in [4.69, 9.17) is 24.1 Å². The molecule has 8 aromatic rings. The average Bonchev–Trinajstić information content (AvgIpc) is 3.56. The van der Waals surface area contributed by atoms with Crippen molar-refractivity contribution in [1.29, 1.82) is 0 Å². The maximum Gasteiger partial charge on any atom is 0.164 e. The van der Waals surface area contributed by atoms with Crippen LogP contribution in [0.4, 0.5) is 0 Å². The van der Waals surface area contributed by atoms with Gasteiger partial charge in [-0.3, -0.25) is 0 Å². The van der Waals surface area contributed by atoms with E-state index in [0.717, 1.165) is 55.5 Å². The average molecular weight is 648 g/mol. The highest BCUT2D eigenvalue weighted by Crippen LogP contribution is 2.40. The number of furan rings is 1. The van der Waals surface area contributed by atoms with Crippen LogP contribution in [0.2, 0.25) is 0 Å². The van der Waals surface area contributed by atoms with Gasteiger partial charge in [0.15, 0.2) is 11.6 Å². The predicted molar refractivity (Wildman–Crippen MR) is 204 cm³/mol. The molecule has 0 atom stereocenters. The highest BCUT2D eigenvalue weighted by atomic mass is 16.5. The van der Waals surface area contributed by atoms with Gasteiger partial charge in [-0.1, -0.05) is 141 Å². The molecule has 0 bridgehead atoms. The second kappa shape index (κ2) is 13.5. The molecule has 50 heavy (non-hydrogen) atoms. The molecule has 0 unspecified atom stereocenters. The molecular formula is C45H33N3O2. The monoisotopic (exact) mass is 647 g/mol. The summed E-state index contributed by atoms with van der Waals surface area (Å²) in [5, 5.41) is 4.40. The Bertz CT molecular complexity index is 2560. The lowest BCUT2D eigenvalue weighted by molar-refractivity contribution is 0.443. The number of ether oxygens (including phenoxy) is 1. The lowest BCUT2D eigenvalue weighted by atomic mass is 9.98. The number of fused-ring (bicyclic) bond motifs is 4.